The fourth-order valence-electron chi connectivity index (χ4n) is 3.33. The molecule has 0 saturated carbocycles. The van der Waals surface area contributed by atoms with Crippen molar-refractivity contribution in [3.63, 3.8) is 0 Å². The van der Waals surface area contributed by atoms with E-state index in [2.05, 4.69) is 5.32 Å². The zero-order valence-electron chi connectivity index (χ0n) is 11.6. The van der Waals surface area contributed by atoms with E-state index in [1.165, 1.54) is 4.90 Å². The van der Waals surface area contributed by atoms with Crippen molar-refractivity contribution in [1.82, 2.24) is 10.2 Å². The summed E-state index contributed by atoms with van der Waals surface area (Å²) in [4.78, 5) is 12.8. The van der Waals surface area contributed by atoms with Gasteiger partial charge in [0.15, 0.2) is 0 Å². The number of carbonyl (C=O) groups is 1. The van der Waals surface area contributed by atoms with E-state index in [9.17, 15) is 18.0 Å². The molecule has 20 heavy (non-hydrogen) atoms. The van der Waals surface area contributed by atoms with Gasteiger partial charge in [-0.2, -0.15) is 13.2 Å². The van der Waals surface area contributed by atoms with Gasteiger partial charge in [0.1, 0.15) is 6.04 Å². The number of fused-ring (bicyclic) bond motifs is 1. The molecule has 2 fully saturated rings. The summed E-state index contributed by atoms with van der Waals surface area (Å²) in [7, 11) is 0. The minimum absolute atomic E-state index is 0.0114. The second kappa shape index (κ2) is 5.89. The molecule has 0 bridgehead atoms. The van der Waals surface area contributed by atoms with Gasteiger partial charge in [-0.25, -0.2) is 0 Å². The summed E-state index contributed by atoms with van der Waals surface area (Å²) in [5.41, 5.74) is 5.69. The van der Waals surface area contributed by atoms with Crippen LogP contribution in [0.3, 0.4) is 0 Å². The van der Waals surface area contributed by atoms with Gasteiger partial charge < -0.3 is 11.1 Å². The summed E-state index contributed by atoms with van der Waals surface area (Å²) in [6, 6.07) is -2.45. The van der Waals surface area contributed by atoms with E-state index in [4.69, 9.17) is 5.73 Å². The van der Waals surface area contributed by atoms with Gasteiger partial charge in [-0.05, 0) is 25.2 Å². The Kier molecular flexibility index (Phi) is 4.59. The summed E-state index contributed by atoms with van der Waals surface area (Å²) >= 11 is 0. The number of likely N-dealkylation sites (tertiary alicyclic amines) is 1. The fraction of sp³-hybridized carbons (Fsp3) is 0.923. The van der Waals surface area contributed by atoms with Gasteiger partial charge >= 0.3 is 6.18 Å². The number of hydrogen-bond acceptors (Lipinski definition) is 3. The highest BCUT2D eigenvalue weighted by molar-refractivity contribution is 5.77. The maximum atomic E-state index is 13.2. The number of nitrogens with zero attached hydrogens (tertiary/aromatic N) is 1. The highest BCUT2D eigenvalue weighted by Gasteiger charge is 2.49. The first kappa shape index (κ1) is 15.6. The Morgan fingerprint density at radius 1 is 1.45 bits per heavy atom. The predicted molar refractivity (Wildman–Crippen MR) is 69.0 cm³/mol. The van der Waals surface area contributed by atoms with Crippen molar-refractivity contribution in [3.05, 3.63) is 0 Å². The lowest BCUT2D eigenvalue weighted by atomic mass is 9.84. The molecule has 0 aromatic carbocycles. The van der Waals surface area contributed by atoms with Crippen LogP contribution in [-0.4, -0.2) is 48.2 Å². The van der Waals surface area contributed by atoms with Crippen LogP contribution in [0.5, 0.6) is 0 Å². The van der Waals surface area contributed by atoms with E-state index in [0.29, 0.717) is 38.8 Å². The molecule has 0 radical (unpaired) electrons. The largest absolute Gasteiger partial charge is 0.405 e. The number of hydrogen-bond donors (Lipinski definition) is 2. The van der Waals surface area contributed by atoms with Crippen molar-refractivity contribution in [3.8, 4) is 0 Å². The molecule has 116 valence electrons. The maximum Gasteiger partial charge on any atom is 0.405 e. The van der Waals surface area contributed by atoms with Crippen LogP contribution < -0.4 is 11.1 Å². The second-order valence-corrected chi connectivity index (χ2v) is 5.81. The lowest BCUT2D eigenvalue weighted by Gasteiger charge is -2.45. The van der Waals surface area contributed by atoms with Crippen LogP contribution >= 0.6 is 0 Å². The molecule has 2 saturated heterocycles. The Balaban J connectivity index is 2.07. The molecule has 0 spiro atoms. The van der Waals surface area contributed by atoms with Gasteiger partial charge in [-0.3, -0.25) is 9.69 Å². The first-order chi connectivity index (χ1) is 9.32. The van der Waals surface area contributed by atoms with Crippen molar-refractivity contribution in [2.24, 2.45) is 11.7 Å². The number of nitrogens with one attached hydrogen (secondary N) is 1. The Bertz CT molecular complexity index is 361. The summed E-state index contributed by atoms with van der Waals surface area (Å²) in [6.07, 6.45) is -2.37. The van der Waals surface area contributed by atoms with E-state index >= 15 is 0 Å². The topological polar surface area (TPSA) is 58.4 Å². The van der Waals surface area contributed by atoms with Gasteiger partial charge in [0, 0.05) is 31.6 Å². The number of halogens is 3. The third kappa shape index (κ3) is 3.25. The lowest BCUT2D eigenvalue weighted by Crippen LogP contribution is -2.62. The Hall–Kier alpha value is -0.820. The second-order valence-electron chi connectivity index (χ2n) is 5.81. The molecule has 4 atom stereocenters. The summed E-state index contributed by atoms with van der Waals surface area (Å²) < 4.78 is 39.7. The average Bonchev–Trinajstić information content (AvgIpc) is 2.37. The Morgan fingerprint density at radius 2 is 2.15 bits per heavy atom. The third-order valence-electron chi connectivity index (χ3n) is 4.46. The number of rotatable bonds is 3. The zero-order valence-corrected chi connectivity index (χ0v) is 11.6. The molecule has 2 aliphatic heterocycles. The molecule has 7 heteroatoms. The van der Waals surface area contributed by atoms with Gasteiger partial charge in [-0.1, -0.05) is 6.92 Å². The van der Waals surface area contributed by atoms with Gasteiger partial charge in [-0.15, -0.1) is 0 Å². The van der Waals surface area contributed by atoms with Crippen LogP contribution in [-0.2, 0) is 4.79 Å². The normalized spacial score (nSPS) is 31.4. The van der Waals surface area contributed by atoms with Crippen molar-refractivity contribution >= 4 is 5.91 Å². The van der Waals surface area contributed by atoms with Crippen molar-refractivity contribution in [1.29, 1.82) is 0 Å². The molecule has 4 unspecified atom stereocenters. The molecular weight excluding hydrogens is 271 g/mol. The first-order valence-electron chi connectivity index (χ1n) is 7.18. The fourth-order valence-corrected chi connectivity index (χ4v) is 3.33. The minimum Gasteiger partial charge on any atom is -0.353 e. The number of alkyl halides is 3. The van der Waals surface area contributed by atoms with Crippen LogP contribution in [0.1, 0.15) is 32.6 Å². The molecule has 3 N–H and O–H groups in total. The third-order valence-corrected chi connectivity index (χ3v) is 4.46. The van der Waals surface area contributed by atoms with Gasteiger partial charge in [0.05, 0.1) is 0 Å². The molecule has 0 aromatic heterocycles. The minimum atomic E-state index is -4.31. The number of amides is 1. The highest BCUT2D eigenvalue weighted by atomic mass is 19.4. The smallest absolute Gasteiger partial charge is 0.353 e. The summed E-state index contributed by atoms with van der Waals surface area (Å²) in [5.74, 6) is 0.118. The van der Waals surface area contributed by atoms with Crippen molar-refractivity contribution < 1.29 is 18.0 Å². The molecule has 0 aliphatic carbocycles. The van der Waals surface area contributed by atoms with Crippen molar-refractivity contribution in [2.75, 3.05) is 13.1 Å². The summed E-state index contributed by atoms with van der Waals surface area (Å²) in [5, 5.41) is 2.88. The van der Waals surface area contributed by atoms with E-state index in [1.807, 2.05) is 0 Å². The van der Waals surface area contributed by atoms with Crippen molar-refractivity contribution in [2.45, 2.75) is 56.9 Å². The molecule has 0 aromatic rings. The van der Waals surface area contributed by atoms with E-state index < -0.39 is 18.3 Å². The average molecular weight is 293 g/mol. The molecule has 2 aliphatic rings. The van der Waals surface area contributed by atoms with E-state index in [1.54, 1.807) is 6.92 Å². The Labute approximate surface area is 116 Å². The Morgan fingerprint density at radius 3 is 2.75 bits per heavy atom. The maximum absolute atomic E-state index is 13.2. The number of piperidine rings is 2. The standard InChI is InChI=1S/C13H22F3N3O/c1-2-9(17)12(13(14,15)16)19-6-5-10-8(7-19)3-4-11(20)18-10/h8-10,12H,2-7,17H2,1H3,(H,18,20). The van der Waals surface area contributed by atoms with Gasteiger partial charge in [0.2, 0.25) is 5.91 Å². The quantitative estimate of drug-likeness (QED) is 0.823. The van der Waals surface area contributed by atoms with Gasteiger partial charge in [0.25, 0.3) is 0 Å². The van der Waals surface area contributed by atoms with Crippen LogP contribution in [0.2, 0.25) is 0 Å². The SMILES string of the molecule is CCC(N)C(N1CCC2NC(=O)CCC2C1)C(F)(F)F. The number of carbonyl (C=O) groups excluding carboxylic acids is 1. The van der Waals surface area contributed by atoms with Crippen LogP contribution in [0.25, 0.3) is 0 Å². The number of nitrogens with two attached hydrogens (primary N) is 1. The van der Waals surface area contributed by atoms with E-state index in [0.717, 1.165) is 0 Å². The monoisotopic (exact) mass is 293 g/mol. The molecule has 2 heterocycles. The van der Waals surface area contributed by atoms with E-state index in [-0.39, 0.29) is 17.9 Å². The molecule has 2 rings (SSSR count). The van der Waals surface area contributed by atoms with Crippen LogP contribution in [0.4, 0.5) is 13.2 Å². The lowest BCUT2D eigenvalue weighted by molar-refractivity contribution is -0.195. The van der Waals surface area contributed by atoms with Crippen LogP contribution in [0.15, 0.2) is 0 Å². The molecule has 1 amide bonds. The molecule has 4 nitrogen and oxygen atoms in total. The zero-order chi connectivity index (χ0) is 14.9. The van der Waals surface area contributed by atoms with Crippen LogP contribution in [0, 0.1) is 5.92 Å². The first-order valence-corrected chi connectivity index (χ1v) is 7.18. The summed E-state index contributed by atoms with van der Waals surface area (Å²) in [6.45, 7) is 2.37. The predicted octanol–water partition coefficient (Wildman–Crippen LogP) is 1.26. The highest BCUT2D eigenvalue weighted by Crippen LogP contribution is 2.33. The molecular formula is C13H22F3N3O.